The van der Waals surface area contributed by atoms with Crippen LogP contribution >= 0.6 is 22.9 Å². The van der Waals surface area contributed by atoms with Gasteiger partial charge in [-0.05, 0) is 36.5 Å². The number of nitrogens with zero attached hydrogens (tertiary/aromatic N) is 1. The zero-order chi connectivity index (χ0) is 14.5. The van der Waals surface area contributed by atoms with Gasteiger partial charge < -0.3 is 5.73 Å². The summed E-state index contributed by atoms with van der Waals surface area (Å²) < 4.78 is 0. The maximum Gasteiger partial charge on any atom is 0.0514 e. The zero-order valence-electron chi connectivity index (χ0n) is 11.9. The van der Waals surface area contributed by atoms with Crippen molar-refractivity contribution >= 4 is 22.9 Å². The number of thiophene rings is 1. The van der Waals surface area contributed by atoms with Crippen LogP contribution in [0, 0.1) is 0 Å². The average molecular weight is 309 g/mol. The lowest BCUT2D eigenvalue weighted by molar-refractivity contribution is 0.178. The molecule has 0 amide bonds. The third-order valence-electron chi connectivity index (χ3n) is 3.46. The molecule has 0 fully saturated rings. The maximum absolute atomic E-state index is 6.37. The molecule has 0 spiro atoms. The molecule has 1 aromatic carbocycles. The molecule has 1 aromatic heterocycles. The van der Waals surface area contributed by atoms with Crippen molar-refractivity contribution in [3.63, 3.8) is 0 Å². The second-order valence-corrected chi connectivity index (χ2v) is 6.41. The van der Waals surface area contributed by atoms with Crippen LogP contribution in [0.4, 0.5) is 0 Å². The van der Waals surface area contributed by atoms with E-state index >= 15 is 0 Å². The number of hydrogen-bond donors (Lipinski definition) is 1. The predicted molar refractivity (Wildman–Crippen MR) is 88.2 cm³/mol. The Morgan fingerprint density at radius 3 is 2.55 bits per heavy atom. The van der Waals surface area contributed by atoms with Gasteiger partial charge in [0.2, 0.25) is 0 Å². The summed E-state index contributed by atoms with van der Waals surface area (Å²) in [4.78, 5) is 3.74. The zero-order valence-corrected chi connectivity index (χ0v) is 13.5. The van der Waals surface area contributed by atoms with Gasteiger partial charge in [0.15, 0.2) is 0 Å². The number of hydrogen-bond acceptors (Lipinski definition) is 3. The van der Waals surface area contributed by atoms with Gasteiger partial charge in [-0.1, -0.05) is 42.8 Å². The summed E-state index contributed by atoms with van der Waals surface area (Å²) in [6.07, 6.45) is 0. The minimum atomic E-state index is 0.0230. The minimum Gasteiger partial charge on any atom is -0.326 e. The van der Waals surface area contributed by atoms with E-state index in [0.29, 0.717) is 0 Å². The summed E-state index contributed by atoms with van der Waals surface area (Å²) in [6.45, 7) is 6.06. The van der Waals surface area contributed by atoms with Crippen LogP contribution in [0.3, 0.4) is 0 Å². The van der Waals surface area contributed by atoms with Crippen LogP contribution in [0.1, 0.15) is 30.3 Å². The molecule has 1 heterocycles. The van der Waals surface area contributed by atoms with Crippen LogP contribution in [0.2, 0.25) is 5.02 Å². The number of nitrogens with two attached hydrogens (primary N) is 1. The number of benzene rings is 1. The van der Waals surface area contributed by atoms with Crippen molar-refractivity contribution in [3.05, 3.63) is 57.2 Å². The Hall–Kier alpha value is -0.870. The van der Waals surface area contributed by atoms with Crippen LogP contribution in [-0.2, 0) is 6.54 Å². The molecule has 2 rings (SSSR count). The monoisotopic (exact) mass is 308 g/mol. The Labute approximate surface area is 130 Å². The fourth-order valence-corrected chi connectivity index (χ4v) is 3.51. The van der Waals surface area contributed by atoms with E-state index in [2.05, 4.69) is 35.4 Å². The molecule has 0 aliphatic heterocycles. The summed E-state index contributed by atoms with van der Waals surface area (Å²) in [7, 11) is 0. The van der Waals surface area contributed by atoms with Gasteiger partial charge in [0.1, 0.15) is 0 Å². The Morgan fingerprint density at radius 1 is 1.25 bits per heavy atom. The lowest BCUT2D eigenvalue weighted by atomic mass is 9.99. The molecule has 0 bridgehead atoms. The van der Waals surface area contributed by atoms with E-state index in [9.17, 15) is 0 Å². The molecule has 0 saturated heterocycles. The highest BCUT2D eigenvalue weighted by atomic mass is 35.5. The van der Waals surface area contributed by atoms with Gasteiger partial charge in [0, 0.05) is 22.5 Å². The van der Waals surface area contributed by atoms with Crippen molar-refractivity contribution in [2.24, 2.45) is 5.73 Å². The Bertz CT molecular complexity index is 525. The number of halogens is 1. The smallest absolute Gasteiger partial charge is 0.0514 e. The van der Waals surface area contributed by atoms with Crippen LogP contribution in [0.5, 0.6) is 0 Å². The van der Waals surface area contributed by atoms with Gasteiger partial charge in [-0.2, -0.15) is 0 Å². The highest BCUT2D eigenvalue weighted by molar-refractivity contribution is 7.09. The van der Waals surface area contributed by atoms with Crippen molar-refractivity contribution in [3.8, 4) is 0 Å². The minimum absolute atomic E-state index is 0.0230. The SMILES string of the molecule is CCN(Cc1cccs1)C(c1ccccc1Cl)C(C)N. The van der Waals surface area contributed by atoms with Gasteiger partial charge in [0.05, 0.1) is 6.04 Å². The predicted octanol–water partition coefficient (Wildman–Crippen LogP) is 4.31. The first-order valence-corrected chi connectivity index (χ1v) is 8.15. The van der Waals surface area contributed by atoms with Crippen molar-refractivity contribution in [2.75, 3.05) is 6.54 Å². The Balaban J connectivity index is 2.29. The average Bonchev–Trinajstić information content (AvgIpc) is 2.92. The van der Waals surface area contributed by atoms with Crippen molar-refractivity contribution < 1.29 is 0 Å². The first-order valence-electron chi connectivity index (χ1n) is 6.90. The molecule has 0 saturated carbocycles. The molecular formula is C16H21ClN2S. The molecule has 2 unspecified atom stereocenters. The van der Waals surface area contributed by atoms with Crippen LogP contribution in [-0.4, -0.2) is 17.5 Å². The summed E-state index contributed by atoms with van der Waals surface area (Å²) in [6, 6.07) is 12.4. The molecule has 20 heavy (non-hydrogen) atoms. The number of likely N-dealkylation sites (N-methyl/N-ethyl adjacent to an activating group) is 1. The quantitative estimate of drug-likeness (QED) is 0.861. The van der Waals surface area contributed by atoms with E-state index in [1.807, 2.05) is 25.1 Å². The Kier molecular flexibility index (Phi) is 5.61. The first kappa shape index (κ1) is 15.5. The lowest BCUT2D eigenvalue weighted by Gasteiger charge is -2.34. The second kappa shape index (κ2) is 7.23. The highest BCUT2D eigenvalue weighted by Gasteiger charge is 2.25. The van der Waals surface area contributed by atoms with Crippen LogP contribution < -0.4 is 5.73 Å². The van der Waals surface area contributed by atoms with Crippen molar-refractivity contribution in [2.45, 2.75) is 32.5 Å². The van der Waals surface area contributed by atoms with Gasteiger partial charge in [-0.3, -0.25) is 4.90 Å². The summed E-state index contributed by atoms with van der Waals surface area (Å²) in [5.41, 5.74) is 7.36. The van der Waals surface area contributed by atoms with Crippen LogP contribution in [0.25, 0.3) is 0 Å². The largest absolute Gasteiger partial charge is 0.326 e. The van der Waals surface area contributed by atoms with Gasteiger partial charge in [0.25, 0.3) is 0 Å². The fraction of sp³-hybridized carbons (Fsp3) is 0.375. The van der Waals surface area contributed by atoms with Gasteiger partial charge in [-0.15, -0.1) is 11.3 Å². The highest BCUT2D eigenvalue weighted by Crippen LogP contribution is 2.31. The first-order chi connectivity index (χ1) is 9.63. The standard InChI is InChI=1S/C16H21ClN2S/c1-3-19(11-13-7-6-10-20-13)16(12(2)18)14-8-4-5-9-15(14)17/h4-10,12,16H,3,11,18H2,1-2H3. The summed E-state index contributed by atoms with van der Waals surface area (Å²) >= 11 is 8.15. The van der Waals surface area contributed by atoms with Crippen molar-refractivity contribution in [1.82, 2.24) is 4.90 Å². The molecule has 4 heteroatoms. The molecule has 0 radical (unpaired) electrons. The van der Waals surface area contributed by atoms with E-state index in [1.165, 1.54) is 4.88 Å². The third kappa shape index (κ3) is 3.61. The molecule has 108 valence electrons. The van der Waals surface area contributed by atoms with Gasteiger partial charge >= 0.3 is 0 Å². The second-order valence-electron chi connectivity index (χ2n) is 4.97. The maximum atomic E-state index is 6.37. The van der Waals surface area contributed by atoms with Crippen molar-refractivity contribution in [1.29, 1.82) is 0 Å². The van der Waals surface area contributed by atoms with E-state index in [4.69, 9.17) is 17.3 Å². The van der Waals surface area contributed by atoms with E-state index in [-0.39, 0.29) is 12.1 Å². The number of rotatable bonds is 6. The molecule has 0 aliphatic rings. The molecule has 0 aliphatic carbocycles. The lowest BCUT2D eigenvalue weighted by Crippen LogP contribution is -2.39. The summed E-state index contributed by atoms with van der Waals surface area (Å²) in [5, 5.41) is 2.90. The van der Waals surface area contributed by atoms with E-state index in [1.54, 1.807) is 11.3 Å². The molecule has 2 N–H and O–H groups in total. The molecule has 2 nitrogen and oxygen atoms in total. The third-order valence-corrected chi connectivity index (χ3v) is 4.67. The topological polar surface area (TPSA) is 29.3 Å². The normalized spacial score (nSPS) is 14.4. The van der Waals surface area contributed by atoms with E-state index in [0.717, 1.165) is 23.7 Å². The Morgan fingerprint density at radius 2 is 2.00 bits per heavy atom. The molecule has 2 atom stereocenters. The molecule has 2 aromatic rings. The molecular weight excluding hydrogens is 288 g/mol. The fourth-order valence-electron chi connectivity index (χ4n) is 2.54. The van der Waals surface area contributed by atoms with Crippen LogP contribution in [0.15, 0.2) is 41.8 Å². The van der Waals surface area contributed by atoms with Gasteiger partial charge in [-0.25, -0.2) is 0 Å². The summed E-state index contributed by atoms with van der Waals surface area (Å²) in [5.74, 6) is 0. The van der Waals surface area contributed by atoms with E-state index < -0.39 is 0 Å².